The minimum Gasteiger partial charge on any atom is -0.306 e. The van der Waals surface area contributed by atoms with Crippen LogP contribution in [0.4, 0.5) is 5.82 Å². The molecule has 0 unspecified atom stereocenters. The van der Waals surface area contributed by atoms with Gasteiger partial charge in [0.2, 0.25) is 0 Å². The lowest BCUT2D eigenvalue weighted by molar-refractivity contribution is 0.102. The summed E-state index contributed by atoms with van der Waals surface area (Å²) in [5.74, 6) is -0.940. The van der Waals surface area contributed by atoms with Crippen molar-refractivity contribution in [2.45, 2.75) is 6.92 Å². The Bertz CT molecular complexity index is 1430. The van der Waals surface area contributed by atoms with Crippen LogP contribution in [0.5, 0.6) is 0 Å². The van der Waals surface area contributed by atoms with Crippen LogP contribution < -0.4 is 5.32 Å². The van der Waals surface area contributed by atoms with Crippen LogP contribution in [0.15, 0.2) is 60.7 Å². The van der Waals surface area contributed by atoms with E-state index in [-0.39, 0.29) is 48.3 Å². The molecule has 34 heavy (non-hydrogen) atoms. The van der Waals surface area contributed by atoms with Gasteiger partial charge in [0.15, 0.2) is 5.78 Å². The average molecular weight is 554 g/mol. The van der Waals surface area contributed by atoms with Crippen molar-refractivity contribution in [3.8, 4) is 5.69 Å². The molecule has 1 heterocycles. The van der Waals surface area contributed by atoms with Gasteiger partial charge in [0.1, 0.15) is 11.5 Å². The second kappa shape index (κ2) is 9.98. The van der Waals surface area contributed by atoms with Gasteiger partial charge in [-0.3, -0.25) is 9.59 Å². The number of hydrogen-bond donors (Lipinski definition) is 1. The Hall–Kier alpha value is -2.54. The molecule has 172 valence electrons. The third-order valence-electron chi connectivity index (χ3n) is 4.95. The fourth-order valence-corrected chi connectivity index (χ4v) is 4.83. The largest absolute Gasteiger partial charge is 0.306 e. The van der Waals surface area contributed by atoms with Crippen LogP contribution >= 0.6 is 58.0 Å². The highest BCUT2D eigenvalue weighted by molar-refractivity contribution is 6.41. The van der Waals surface area contributed by atoms with E-state index < -0.39 is 11.7 Å². The van der Waals surface area contributed by atoms with E-state index in [1.54, 1.807) is 55.5 Å². The predicted octanol–water partition coefficient (Wildman–Crippen LogP) is 7.93. The Balaban J connectivity index is 1.94. The maximum Gasteiger partial charge on any atom is 0.258 e. The van der Waals surface area contributed by atoms with E-state index in [1.807, 2.05) is 0 Å². The number of carbonyl (C=O) groups excluding carboxylic acids is 2. The zero-order valence-electron chi connectivity index (χ0n) is 17.4. The van der Waals surface area contributed by atoms with Crippen molar-refractivity contribution in [2.75, 3.05) is 5.32 Å². The van der Waals surface area contributed by atoms with Crippen molar-refractivity contribution < 1.29 is 9.59 Å². The van der Waals surface area contributed by atoms with Gasteiger partial charge in [-0.15, -0.1) is 0 Å². The highest BCUT2D eigenvalue weighted by Crippen LogP contribution is 2.37. The third kappa shape index (κ3) is 4.67. The van der Waals surface area contributed by atoms with Gasteiger partial charge in [-0.25, -0.2) is 4.68 Å². The number of halogens is 5. The van der Waals surface area contributed by atoms with E-state index in [1.165, 1.54) is 16.8 Å². The van der Waals surface area contributed by atoms with E-state index in [4.69, 9.17) is 58.0 Å². The number of hydrogen-bond acceptors (Lipinski definition) is 3. The normalized spacial score (nSPS) is 10.9. The first-order valence-electron chi connectivity index (χ1n) is 9.78. The van der Waals surface area contributed by atoms with Gasteiger partial charge in [0.05, 0.1) is 36.9 Å². The average Bonchev–Trinajstić information content (AvgIpc) is 3.08. The van der Waals surface area contributed by atoms with Gasteiger partial charge in [0, 0.05) is 10.6 Å². The Morgan fingerprint density at radius 1 is 0.794 bits per heavy atom. The van der Waals surface area contributed by atoms with Crippen LogP contribution in [0, 0.1) is 6.92 Å². The molecule has 1 amide bonds. The van der Waals surface area contributed by atoms with Crippen molar-refractivity contribution in [3.05, 3.63) is 108 Å². The van der Waals surface area contributed by atoms with Crippen LogP contribution in [-0.2, 0) is 0 Å². The van der Waals surface area contributed by atoms with Gasteiger partial charge in [-0.1, -0.05) is 82.3 Å². The first-order chi connectivity index (χ1) is 16.2. The summed E-state index contributed by atoms with van der Waals surface area (Å²) in [7, 11) is 0. The molecule has 0 bridgehead atoms. The molecule has 0 aliphatic carbocycles. The molecule has 0 aliphatic rings. The van der Waals surface area contributed by atoms with E-state index in [0.29, 0.717) is 10.7 Å². The molecule has 0 radical (unpaired) electrons. The topological polar surface area (TPSA) is 64.0 Å². The fraction of sp³-hybridized carbons (Fsp3) is 0.0417. The van der Waals surface area contributed by atoms with Crippen molar-refractivity contribution in [1.29, 1.82) is 0 Å². The van der Waals surface area contributed by atoms with Gasteiger partial charge >= 0.3 is 0 Å². The van der Waals surface area contributed by atoms with Crippen LogP contribution in [-0.4, -0.2) is 21.5 Å². The monoisotopic (exact) mass is 551 g/mol. The third-order valence-corrected chi connectivity index (χ3v) is 6.40. The molecule has 0 aliphatic heterocycles. The Morgan fingerprint density at radius 3 is 1.88 bits per heavy atom. The van der Waals surface area contributed by atoms with Gasteiger partial charge < -0.3 is 5.32 Å². The molecule has 1 aromatic heterocycles. The number of carbonyl (C=O) groups is 2. The van der Waals surface area contributed by atoms with Gasteiger partial charge in [0.25, 0.3) is 5.91 Å². The molecule has 0 spiro atoms. The molecule has 5 nitrogen and oxygen atoms in total. The summed E-state index contributed by atoms with van der Waals surface area (Å²) in [4.78, 5) is 26.7. The number of aromatic nitrogens is 2. The quantitative estimate of drug-likeness (QED) is 0.255. The second-order valence-electron chi connectivity index (χ2n) is 7.18. The molecule has 0 fully saturated rings. The smallest absolute Gasteiger partial charge is 0.258 e. The SMILES string of the molecule is Cc1nn(-c2c(Cl)cc(Cl)cc2Cl)c(NC(=O)c2ccccc2Cl)c1C(=O)c1ccccc1Cl. The van der Waals surface area contributed by atoms with Crippen LogP contribution in [0.2, 0.25) is 25.1 Å². The number of ketones is 1. The highest BCUT2D eigenvalue weighted by atomic mass is 35.5. The molecule has 0 saturated carbocycles. The minimum atomic E-state index is -0.554. The standard InChI is InChI=1S/C24H14Cl5N3O2/c1-12-20(22(33)14-6-2-4-8-16(14)26)23(30-24(34)15-7-3-5-9-17(15)27)32(31-12)21-18(28)10-13(25)11-19(21)29/h2-11H,1H3,(H,30,34). The zero-order valence-corrected chi connectivity index (χ0v) is 21.2. The summed E-state index contributed by atoms with van der Waals surface area (Å²) in [6.07, 6.45) is 0. The lowest BCUT2D eigenvalue weighted by atomic mass is 10.0. The fourth-order valence-electron chi connectivity index (χ4n) is 3.41. The summed E-state index contributed by atoms with van der Waals surface area (Å²) in [6, 6.07) is 16.1. The van der Waals surface area contributed by atoms with Crippen molar-refractivity contribution in [1.82, 2.24) is 9.78 Å². The van der Waals surface area contributed by atoms with Gasteiger partial charge in [-0.2, -0.15) is 5.10 Å². The maximum absolute atomic E-state index is 13.6. The number of amides is 1. The van der Waals surface area contributed by atoms with Gasteiger partial charge in [-0.05, 0) is 43.3 Å². The lowest BCUT2D eigenvalue weighted by Gasteiger charge is -2.14. The highest BCUT2D eigenvalue weighted by Gasteiger charge is 2.28. The molecule has 1 N–H and O–H groups in total. The number of nitrogens with one attached hydrogen (secondary N) is 1. The molecule has 4 aromatic rings. The molecular formula is C24H14Cl5N3O2. The summed E-state index contributed by atoms with van der Waals surface area (Å²) in [5.41, 5.74) is 1.13. The summed E-state index contributed by atoms with van der Waals surface area (Å²) < 4.78 is 1.30. The lowest BCUT2D eigenvalue weighted by Crippen LogP contribution is -2.18. The maximum atomic E-state index is 13.6. The molecule has 4 rings (SSSR count). The zero-order chi connectivity index (χ0) is 24.6. The summed E-state index contributed by atoms with van der Waals surface area (Å²) >= 11 is 31.4. The minimum absolute atomic E-state index is 0.0541. The number of benzene rings is 3. The Kier molecular flexibility index (Phi) is 7.22. The second-order valence-corrected chi connectivity index (χ2v) is 9.25. The molecule has 3 aromatic carbocycles. The van der Waals surface area contributed by atoms with Crippen LogP contribution in [0.3, 0.4) is 0 Å². The van der Waals surface area contributed by atoms with Crippen LogP contribution in [0.25, 0.3) is 5.69 Å². The molecule has 10 heteroatoms. The molecular weight excluding hydrogens is 540 g/mol. The first-order valence-corrected chi connectivity index (χ1v) is 11.7. The Morgan fingerprint density at radius 2 is 1.32 bits per heavy atom. The number of anilines is 1. The first kappa shape index (κ1) is 24.6. The van der Waals surface area contributed by atoms with E-state index in [2.05, 4.69) is 10.4 Å². The molecule has 0 atom stereocenters. The van der Waals surface area contributed by atoms with E-state index in [9.17, 15) is 9.59 Å². The molecule has 0 saturated heterocycles. The predicted molar refractivity (Wildman–Crippen MR) is 138 cm³/mol. The summed E-state index contributed by atoms with van der Waals surface area (Å²) in [5, 5.41) is 8.38. The van der Waals surface area contributed by atoms with E-state index in [0.717, 1.165) is 0 Å². The van der Waals surface area contributed by atoms with E-state index >= 15 is 0 Å². The van der Waals surface area contributed by atoms with Crippen LogP contribution in [0.1, 0.15) is 32.0 Å². The number of rotatable bonds is 5. The summed E-state index contributed by atoms with van der Waals surface area (Å²) in [6.45, 7) is 1.63. The van der Waals surface area contributed by atoms with Crippen molar-refractivity contribution >= 4 is 75.5 Å². The number of aryl methyl sites for hydroxylation is 1. The number of nitrogens with zero attached hydrogens (tertiary/aromatic N) is 2. The van der Waals surface area contributed by atoms with Crippen molar-refractivity contribution in [2.24, 2.45) is 0 Å². The van der Waals surface area contributed by atoms with Crippen molar-refractivity contribution in [3.63, 3.8) is 0 Å². The Labute approximate surface area is 220 Å².